The van der Waals surface area contributed by atoms with Crippen molar-refractivity contribution in [2.45, 2.75) is 6.54 Å². The van der Waals surface area contributed by atoms with Gasteiger partial charge in [0.05, 0.1) is 23.6 Å². The number of thiophene rings is 1. The molecular formula is C15H10N2OS. The van der Waals surface area contributed by atoms with E-state index in [4.69, 9.17) is 5.26 Å². The molecule has 0 N–H and O–H groups in total. The van der Waals surface area contributed by atoms with Crippen LogP contribution < -0.4 is 5.56 Å². The summed E-state index contributed by atoms with van der Waals surface area (Å²) in [4.78, 5) is 12.2. The maximum atomic E-state index is 12.2. The Morgan fingerprint density at radius 1 is 1.16 bits per heavy atom. The zero-order chi connectivity index (χ0) is 13.2. The van der Waals surface area contributed by atoms with Gasteiger partial charge < -0.3 is 4.57 Å². The van der Waals surface area contributed by atoms with Crippen LogP contribution in [0.1, 0.15) is 11.1 Å². The summed E-state index contributed by atoms with van der Waals surface area (Å²) < 4.78 is 2.71. The molecule has 0 bridgehead atoms. The standard InChI is InChI=1S/C15H10N2OS/c16-9-11-1-3-12(4-2-11)10-17-7-5-14-13(15(17)18)6-8-19-14/h1-8H,10H2. The zero-order valence-corrected chi connectivity index (χ0v) is 10.9. The first-order valence-electron chi connectivity index (χ1n) is 5.83. The second-order valence-electron chi connectivity index (χ2n) is 4.26. The third-order valence-electron chi connectivity index (χ3n) is 3.03. The molecule has 0 spiro atoms. The van der Waals surface area contributed by atoms with Gasteiger partial charge in [-0.1, -0.05) is 12.1 Å². The van der Waals surface area contributed by atoms with Crippen molar-refractivity contribution in [2.75, 3.05) is 0 Å². The second-order valence-corrected chi connectivity index (χ2v) is 5.20. The summed E-state index contributed by atoms with van der Waals surface area (Å²) in [7, 11) is 0. The van der Waals surface area contributed by atoms with E-state index in [1.807, 2.05) is 35.8 Å². The normalized spacial score (nSPS) is 10.5. The number of nitrogens with zero attached hydrogens (tertiary/aromatic N) is 2. The third-order valence-corrected chi connectivity index (χ3v) is 3.91. The summed E-state index contributed by atoms with van der Waals surface area (Å²) in [5, 5.41) is 11.4. The van der Waals surface area contributed by atoms with E-state index in [2.05, 4.69) is 6.07 Å². The highest BCUT2D eigenvalue weighted by Gasteiger charge is 2.04. The predicted octanol–water partition coefficient (Wildman–Crippen LogP) is 2.98. The monoisotopic (exact) mass is 266 g/mol. The molecule has 1 aromatic carbocycles. The fourth-order valence-electron chi connectivity index (χ4n) is 2.01. The molecule has 4 heteroatoms. The molecule has 0 saturated carbocycles. The lowest BCUT2D eigenvalue weighted by atomic mass is 10.1. The molecule has 92 valence electrons. The van der Waals surface area contributed by atoms with E-state index in [0.29, 0.717) is 12.1 Å². The number of aromatic nitrogens is 1. The maximum absolute atomic E-state index is 12.2. The molecule has 19 heavy (non-hydrogen) atoms. The Balaban J connectivity index is 1.98. The molecule has 3 rings (SSSR count). The second kappa shape index (κ2) is 4.71. The van der Waals surface area contributed by atoms with Crippen molar-refractivity contribution in [1.82, 2.24) is 4.57 Å². The van der Waals surface area contributed by atoms with Gasteiger partial charge in [-0.2, -0.15) is 5.26 Å². The molecule has 0 unspecified atom stereocenters. The number of hydrogen-bond donors (Lipinski definition) is 0. The van der Waals surface area contributed by atoms with E-state index in [1.165, 1.54) is 0 Å². The molecule has 0 aliphatic rings. The van der Waals surface area contributed by atoms with Gasteiger partial charge in [-0.15, -0.1) is 11.3 Å². The van der Waals surface area contributed by atoms with Gasteiger partial charge in [-0.3, -0.25) is 4.79 Å². The Labute approximate surface area is 114 Å². The van der Waals surface area contributed by atoms with Crippen molar-refractivity contribution >= 4 is 21.4 Å². The van der Waals surface area contributed by atoms with Gasteiger partial charge in [0.1, 0.15) is 0 Å². The number of nitriles is 1. The zero-order valence-electron chi connectivity index (χ0n) is 10.0. The van der Waals surface area contributed by atoms with Crippen molar-refractivity contribution < 1.29 is 0 Å². The van der Waals surface area contributed by atoms with Crippen molar-refractivity contribution in [2.24, 2.45) is 0 Å². The number of rotatable bonds is 2. The predicted molar refractivity (Wildman–Crippen MR) is 76.3 cm³/mol. The number of hydrogen-bond acceptors (Lipinski definition) is 3. The number of pyridine rings is 1. The van der Waals surface area contributed by atoms with Crippen LogP contribution in [-0.2, 0) is 6.54 Å². The first-order valence-corrected chi connectivity index (χ1v) is 6.71. The third kappa shape index (κ3) is 2.16. The molecule has 0 fully saturated rings. The molecule has 0 aliphatic carbocycles. The van der Waals surface area contributed by atoms with Crippen molar-refractivity contribution in [3.8, 4) is 6.07 Å². The van der Waals surface area contributed by atoms with Crippen LogP contribution in [0, 0.1) is 11.3 Å². The van der Waals surface area contributed by atoms with Crippen LogP contribution >= 0.6 is 11.3 Å². The first-order chi connectivity index (χ1) is 9.28. The molecule has 0 atom stereocenters. The van der Waals surface area contributed by atoms with Crippen LogP contribution in [0.3, 0.4) is 0 Å². The van der Waals surface area contributed by atoms with E-state index >= 15 is 0 Å². The largest absolute Gasteiger partial charge is 0.311 e. The van der Waals surface area contributed by atoms with Crippen molar-refractivity contribution in [3.63, 3.8) is 0 Å². The summed E-state index contributed by atoms with van der Waals surface area (Å²) >= 11 is 1.57. The lowest BCUT2D eigenvalue weighted by molar-refractivity contribution is 0.768. The van der Waals surface area contributed by atoms with E-state index < -0.39 is 0 Å². The molecule has 3 nitrogen and oxygen atoms in total. The van der Waals surface area contributed by atoms with Crippen LogP contribution in [0.5, 0.6) is 0 Å². The Morgan fingerprint density at radius 2 is 1.95 bits per heavy atom. The van der Waals surface area contributed by atoms with E-state index in [-0.39, 0.29) is 5.56 Å². The van der Waals surface area contributed by atoms with Gasteiger partial charge in [0.2, 0.25) is 0 Å². The van der Waals surface area contributed by atoms with Gasteiger partial charge >= 0.3 is 0 Å². The average Bonchev–Trinajstić information content (AvgIpc) is 2.92. The summed E-state index contributed by atoms with van der Waals surface area (Å²) in [6.45, 7) is 0.524. The summed E-state index contributed by atoms with van der Waals surface area (Å²) in [5.41, 5.74) is 1.67. The Kier molecular flexibility index (Phi) is 2.90. The van der Waals surface area contributed by atoms with Gasteiger partial charge in [-0.05, 0) is 35.2 Å². The fourth-order valence-corrected chi connectivity index (χ4v) is 2.79. The summed E-state index contributed by atoms with van der Waals surface area (Å²) in [5.74, 6) is 0. The average molecular weight is 266 g/mol. The van der Waals surface area contributed by atoms with E-state index in [0.717, 1.165) is 15.6 Å². The smallest absolute Gasteiger partial charge is 0.259 e. The minimum absolute atomic E-state index is 0.0307. The van der Waals surface area contributed by atoms with E-state index in [9.17, 15) is 4.79 Å². The highest BCUT2D eigenvalue weighted by molar-refractivity contribution is 7.17. The van der Waals surface area contributed by atoms with Crippen LogP contribution in [0.15, 0.2) is 52.8 Å². The van der Waals surface area contributed by atoms with Crippen LogP contribution in [-0.4, -0.2) is 4.57 Å². The highest BCUT2D eigenvalue weighted by atomic mass is 32.1. The molecule has 0 saturated heterocycles. The molecule has 2 heterocycles. The Bertz CT molecular complexity index is 822. The summed E-state index contributed by atoms with van der Waals surface area (Å²) in [6.07, 6.45) is 1.82. The minimum Gasteiger partial charge on any atom is -0.311 e. The van der Waals surface area contributed by atoms with Crippen LogP contribution in [0.2, 0.25) is 0 Å². The summed E-state index contributed by atoms with van der Waals surface area (Å²) in [6, 6.07) is 13.2. The quantitative estimate of drug-likeness (QED) is 0.715. The van der Waals surface area contributed by atoms with Crippen molar-refractivity contribution in [1.29, 1.82) is 5.26 Å². The molecule has 0 aliphatic heterocycles. The fraction of sp³-hybridized carbons (Fsp3) is 0.0667. The highest BCUT2D eigenvalue weighted by Crippen LogP contribution is 2.16. The molecule has 0 amide bonds. The van der Waals surface area contributed by atoms with Crippen molar-refractivity contribution in [3.05, 3.63) is 69.5 Å². The number of fused-ring (bicyclic) bond motifs is 1. The molecule has 0 radical (unpaired) electrons. The molecular weight excluding hydrogens is 256 g/mol. The van der Waals surface area contributed by atoms with Gasteiger partial charge in [0, 0.05) is 10.9 Å². The van der Waals surface area contributed by atoms with Crippen LogP contribution in [0.4, 0.5) is 0 Å². The SMILES string of the molecule is N#Cc1ccc(Cn2ccc3sccc3c2=O)cc1. The lowest BCUT2D eigenvalue weighted by Gasteiger charge is -2.06. The van der Waals surface area contributed by atoms with Gasteiger partial charge in [0.25, 0.3) is 5.56 Å². The number of benzene rings is 1. The Hall–Kier alpha value is -2.38. The molecule has 2 aromatic heterocycles. The van der Waals surface area contributed by atoms with Gasteiger partial charge in [0.15, 0.2) is 0 Å². The Morgan fingerprint density at radius 3 is 2.68 bits per heavy atom. The van der Waals surface area contributed by atoms with Gasteiger partial charge in [-0.25, -0.2) is 0 Å². The van der Waals surface area contributed by atoms with E-state index in [1.54, 1.807) is 28.0 Å². The maximum Gasteiger partial charge on any atom is 0.259 e. The van der Waals surface area contributed by atoms with Crippen LogP contribution in [0.25, 0.3) is 10.1 Å². The topological polar surface area (TPSA) is 45.8 Å². The minimum atomic E-state index is 0.0307. The first kappa shape index (κ1) is 11.7. The molecule has 3 aromatic rings. The lowest BCUT2D eigenvalue weighted by Crippen LogP contribution is -2.19.